The second-order valence-corrected chi connectivity index (χ2v) is 4.89. The van der Waals surface area contributed by atoms with Gasteiger partial charge in [0.15, 0.2) is 6.54 Å². The maximum absolute atomic E-state index is 11.6. The molecule has 5 nitrogen and oxygen atoms in total. The van der Waals surface area contributed by atoms with Gasteiger partial charge in [-0.15, -0.1) is 0 Å². The van der Waals surface area contributed by atoms with Crippen LogP contribution in [0.5, 0.6) is 0 Å². The second kappa shape index (κ2) is 8.55. The van der Waals surface area contributed by atoms with E-state index in [9.17, 15) is 9.59 Å². The van der Waals surface area contributed by atoms with E-state index < -0.39 is 0 Å². The number of halogens is 1. The topological polar surface area (TPSA) is 74.8 Å². The van der Waals surface area contributed by atoms with E-state index in [2.05, 4.69) is 10.6 Å². The van der Waals surface area contributed by atoms with Crippen molar-refractivity contribution in [3.8, 4) is 0 Å². The Morgan fingerprint density at radius 2 is 1.95 bits per heavy atom. The molecule has 0 aromatic heterocycles. The summed E-state index contributed by atoms with van der Waals surface area (Å²) in [5.74, 6) is -0.352. The first kappa shape index (κ1) is 16.5. The lowest BCUT2D eigenvalue weighted by atomic mass is 10.1. The Balaban J connectivity index is 2.34. The smallest absolute Gasteiger partial charge is 0.275 e. The highest BCUT2D eigenvalue weighted by Crippen LogP contribution is 2.19. The van der Waals surface area contributed by atoms with Crippen LogP contribution < -0.4 is 16.0 Å². The first-order valence-corrected chi connectivity index (χ1v) is 7.03. The number of likely N-dealkylation sites (N-methyl/N-ethyl adjacent to an activating group) is 1. The predicted molar refractivity (Wildman–Crippen MR) is 78.4 cm³/mol. The summed E-state index contributed by atoms with van der Waals surface area (Å²) < 4.78 is 0. The molecule has 20 heavy (non-hydrogen) atoms. The Morgan fingerprint density at radius 3 is 2.60 bits per heavy atom. The van der Waals surface area contributed by atoms with Crippen molar-refractivity contribution in [3.63, 3.8) is 0 Å². The Kier molecular flexibility index (Phi) is 7.04. The maximum atomic E-state index is 11.6. The summed E-state index contributed by atoms with van der Waals surface area (Å²) in [7, 11) is 0. The third-order valence-corrected chi connectivity index (χ3v) is 3.22. The van der Waals surface area contributed by atoms with Crippen LogP contribution in [0.3, 0.4) is 0 Å². The Hall–Kier alpha value is -1.59. The van der Waals surface area contributed by atoms with Gasteiger partial charge in [0.1, 0.15) is 6.04 Å². The lowest BCUT2D eigenvalue weighted by molar-refractivity contribution is -0.682. The SMILES string of the molecule is CCNC(=O)CNC(=O)C[NH2+][C@@H](C)c1ccccc1Cl. The molecule has 1 rings (SSSR count). The van der Waals surface area contributed by atoms with Crippen LogP contribution in [0, 0.1) is 0 Å². The van der Waals surface area contributed by atoms with Crippen molar-refractivity contribution in [2.75, 3.05) is 19.6 Å². The van der Waals surface area contributed by atoms with Crippen LogP contribution in [0.15, 0.2) is 24.3 Å². The van der Waals surface area contributed by atoms with E-state index in [1.807, 2.05) is 43.4 Å². The Labute approximate surface area is 124 Å². The molecule has 1 aromatic carbocycles. The number of rotatable bonds is 7. The number of hydrogen-bond donors (Lipinski definition) is 3. The van der Waals surface area contributed by atoms with Crippen LogP contribution >= 0.6 is 11.6 Å². The first-order chi connectivity index (χ1) is 9.54. The van der Waals surface area contributed by atoms with Gasteiger partial charge in [-0.05, 0) is 19.9 Å². The van der Waals surface area contributed by atoms with E-state index in [1.54, 1.807) is 0 Å². The van der Waals surface area contributed by atoms with E-state index >= 15 is 0 Å². The van der Waals surface area contributed by atoms with Gasteiger partial charge in [0.2, 0.25) is 5.91 Å². The molecule has 0 radical (unpaired) electrons. The molecule has 0 saturated heterocycles. The number of quaternary nitrogens is 1. The molecule has 0 fully saturated rings. The van der Waals surface area contributed by atoms with Crippen molar-refractivity contribution < 1.29 is 14.9 Å². The lowest BCUT2D eigenvalue weighted by Crippen LogP contribution is -2.87. The molecule has 0 saturated carbocycles. The van der Waals surface area contributed by atoms with Crippen LogP contribution in [-0.4, -0.2) is 31.4 Å². The highest BCUT2D eigenvalue weighted by atomic mass is 35.5. The highest BCUT2D eigenvalue weighted by Gasteiger charge is 2.14. The van der Waals surface area contributed by atoms with Crippen LogP contribution in [0.2, 0.25) is 5.02 Å². The maximum Gasteiger partial charge on any atom is 0.275 e. The van der Waals surface area contributed by atoms with Crippen LogP contribution in [0.25, 0.3) is 0 Å². The fourth-order valence-electron chi connectivity index (χ4n) is 1.77. The number of hydrogen-bond acceptors (Lipinski definition) is 2. The zero-order valence-electron chi connectivity index (χ0n) is 11.8. The summed E-state index contributed by atoms with van der Waals surface area (Å²) in [5.41, 5.74) is 0.991. The predicted octanol–water partition coefficient (Wildman–Crippen LogP) is 0.217. The molecule has 0 spiro atoms. The lowest BCUT2D eigenvalue weighted by Gasteiger charge is -2.12. The fourth-order valence-corrected chi connectivity index (χ4v) is 2.07. The summed E-state index contributed by atoms with van der Waals surface area (Å²) in [6.07, 6.45) is 0. The standard InChI is InChI=1S/C14H20ClN3O2/c1-3-16-13(19)9-18-14(20)8-17-10(2)11-6-4-5-7-12(11)15/h4-7,10,17H,3,8-9H2,1-2H3,(H,16,19)(H,18,20)/p+1/t10-/m0/s1. The number of benzene rings is 1. The quantitative estimate of drug-likeness (QED) is 0.673. The molecule has 0 unspecified atom stereocenters. The van der Waals surface area contributed by atoms with E-state index in [0.29, 0.717) is 11.6 Å². The van der Waals surface area contributed by atoms with Crippen molar-refractivity contribution in [1.82, 2.24) is 10.6 Å². The Morgan fingerprint density at radius 1 is 1.25 bits per heavy atom. The zero-order valence-corrected chi connectivity index (χ0v) is 12.5. The molecule has 0 heterocycles. The van der Waals surface area contributed by atoms with Crippen molar-refractivity contribution in [2.24, 2.45) is 0 Å². The van der Waals surface area contributed by atoms with Gasteiger partial charge in [-0.3, -0.25) is 9.59 Å². The molecule has 0 aliphatic carbocycles. The third kappa shape index (κ3) is 5.59. The number of carbonyl (C=O) groups excluding carboxylic acids is 2. The van der Waals surface area contributed by atoms with Crippen LogP contribution in [0.4, 0.5) is 0 Å². The van der Waals surface area contributed by atoms with Crippen molar-refractivity contribution >= 4 is 23.4 Å². The van der Waals surface area contributed by atoms with Gasteiger partial charge in [0, 0.05) is 17.1 Å². The van der Waals surface area contributed by atoms with Crippen molar-refractivity contribution in [3.05, 3.63) is 34.9 Å². The van der Waals surface area contributed by atoms with Crippen molar-refractivity contribution in [2.45, 2.75) is 19.9 Å². The summed E-state index contributed by atoms with van der Waals surface area (Å²) in [6.45, 7) is 4.65. The van der Waals surface area contributed by atoms with E-state index in [4.69, 9.17) is 11.6 Å². The molecular formula is C14H21ClN3O2+. The number of amides is 2. The molecule has 1 atom stereocenters. The van der Waals surface area contributed by atoms with Gasteiger partial charge < -0.3 is 16.0 Å². The van der Waals surface area contributed by atoms with Gasteiger partial charge in [0.05, 0.1) is 6.54 Å². The minimum atomic E-state index is -0.181. The molecule has 6 heteroatoms. The van der Waals surface area contributed by atoms with E-state index in [-0.39, 0.29) is 30.9 Å². The van der Waals surface area contributed by atoms with Crippen LogP contribution in [0.1, 0.15) is 25.5 Å². The summed E-state index contributed by atoms with van der Waals surface area (Å²) >= 11 is 6.10. The molecule has 2 amide bonds. The largest absolute Gasteiger partial charge is 0.355 e. The Bertz CT molecular complexity index is 465. The molecule has 110 valence electrons. The molecule has 1 aromatic rings. The molecule has 0 bridgehead atoms. The normalized spacial score (nSPS) is 11.8. The minimum absolute atomic E-state index is 0.0149. The monoisotopic (exact) mass is 298 g/mol. The fraction of sp³-hybridized carbons (Fsp3) is 0.429. The molecule has 0 aliphatic rings. The number of nitrogens with two attached hydrogens (primary N) is 1. The molecule has 0 aliphatic heterocycles. The van der Waals surface area contributed by atoms with Gasteiger partial charge in [-0.1, -0.05) is 29.8 Å². The number of carbonyl (C=O) groups is 2. The summed E-state index contributed by atoms with van der Waals surface area (Å²) in [6, 6.07) is 7.64. The number of nitrogens with one attached hydrogen (secondary N) is 2. The summed E-state index contributed by atoms with van der Waals surface area (Å²) in [5, 5.41) is 7.77. The average molecular weight is 299 g/mol. The second-order valence-electron chi connectivity index (χ2n) is 4.48. The summed E-state index contributed by atoms with van der Waals surface area (Å²) in [4.78, 5) is 22.8. The molecular weight excluding hydrogens is 278 g/mol. The third-order valence-electron chi connectivity index (χ3n) is 2.87. The highest BCUT2D eigenvalue weighted by molar-refractivity contribution is 6.31. The minimum Gasteiger partial charge on any atom is -0.355 e. The average Bonchev–Trinajstić information content (AvgIpc) is 2.43. The van der Waals surface area contributed by atoms with Gasteiger partial charge in [-0.25, -0.2) is 0 Å². The van der Waals surface area contributed by atoms with Crippen molar-refractivity contribution in [1.29, 1.82) is 0 Å². The zero-order chi connectivity index (χ0) is 15.0. The molecule has 4 N–H and O–H groups in total. The first-order valence-electron chi connectivity index (χ1n) is 6.65. The van der Waals surface area contributed by atoms with E-state index in [1.165, 1.54) is 0 Å². The van der Waals surface area contributed by atoms with Gasteiger partial charge in [-0.2, -0.15) is 0 Å². The van der Waals surface area contributed by atoms with Crippen LogP contribution in [-0.2, 0) is 9.59 Å². The van der Waals surface area contributed by atoms with Gasteiger partial charge >= 0.3 is 0 Å². The van der Waals surface area contributed by atoms with Gasteiger partial charge in [0.25, 0.3) is 5.91 Å². The van der Waals surface area contributed by atoms with E-state index in [0.717, 1.165) is 5.56 Å².